The van der Waals surface area contributed by atoms with Crippen LogP contribution in [0.4, 0.5) is 10.6 Å². The van der Waals surface area contributed by atoms with E-state index in [2.05, 4.69) is 20.3 Å². The van der Waals surface area contributed by atoms with E-state index in [1.54, 1.807) is 0 Å². The molecule has 0 saturated heterocycles. The third-order valence-electron chi connectivity index (χ3n) is 5.44. The molecule has 180 valence electrons. The number of aromatic amines is 1. The van der Waals surface area contributed by atoms with Gasteiger partial charge in [0.15, 0.2) is 5.69 Å². The lowest BCUT2D eigenvalue weighted by Gasteiger charge is -2.26. The van der Waals surface area contributed by atoms with Crippen LogP contribution in [0, 0.1) is 0 Å². The average Bonchev–Trinajstić information content (AvgIpc) is 3.28. The largest absolute Gasteiger partial charge is 0.465 e. The summed E-state index contributed by atoms with van der Waals surface area (Å²) in [4.78, 5) is 37.3. The van der Waals surface area contributed by atoms with Gasteiger partial charge in [-0.1, -0.05) is 48.5 Å². The lowest BCUT2D eigenvalue weighted by atomic mass is 10.2. The number of ether oxygens (including phenoxy) is 1. The molecule has 2 aromatic carbocycles. The van der Waals surface area contributed by atoms with Crippen LogP contribution < -0.4 is 11.1 Å². The van der Waals surface area contributed by atoms with Gasteiger partial charge in [-0.05, 0) is 17.7 Å². The van der Waals surface area contributed by atoms with Crippen molar-refractivity contribution >= 4 is 28.7 Å². The second-order valence-electron chi connectivity index (χ2n) is 8.03. The third-order valence-corrected chi connectivity index (χ3v) is 5.44. The molecular weight excluding hydrogens is 448 g/mol. The van der Waals surface area contributed by atoms with E-state index in [9.17, 15) is 14.7 Å². The van der Waals surface area contributed by atoms with Crippen molar-refractivity contribution < 1.29 is 19.4 Å². The van der Waals surface area contributed by atoms with Crippen molar-refractivity contribution in [2.24, 2.45) is 5.73 Å². The molecule has 0 spiro atoms. The summed E-state index contributed by atoms with van der Waals surface area (Å²) < 4.78 is 5.31. The molecule has 0 aliphatic carbocycles. The van der Waals surface area contributed by atoms with Crippen LogP contribution in [0.2, 0.25) is 0 Å². The van der Waals surface area contributed by atoms with Gasteiger partial charge in [0.1, 0.15) is 11.5 Å². The van der Waals surface area contributed by atoms with Crippen molar-refractivity contribution in [3.63, 3.8) is 0 Å². The first-order valence-electron chi connectivity index (χ1n) is 11.0. The number of carbonyl (C=O) groups excluding carboxylic acids is 1. The zero-order valence-corrected chi connectivity index (χ0v) is 19.1. The maximum atomic E-state index is 12.0. The minimum absolute atomic E-state index is 0.0293. The minimum atomic E-state index is -1.05. The first-order chi connectivity index (χ1) is 16.9. The van der Waals surface area contributed by atoms with E-state index in [1.807, 2.05) is 60.7 Å². The van der Waals surface area contributed by atoms with E-state index in [0.717, 1.165) is 16.5 Å². The number of primary amides is 1. The molecule has 4 aromatic rings. The number of amides is 2. The Morgan fingerprint density at radius 2 is 1.91 bits per heavy atom. The Balaban J connectivity index is 1.60. The highest BCUT2D eigenvalue weighted by molar-refractivity contribution is 5.98. The fourth-order valence-corrected chi connectivity index (χ4v) is 3.86. The molecule has 0 aliphatic rings. The van der Waals surface area contributed by atoms with E-state index in [0.29, 0.717) is 17.2 Å². The molecule has 0 saturated carbocycles. The second-order valence-corrected chi connectivity index (χ2v) is 8.03. The molecule has 35 heavy (non-hydrogen) atoms. The SMILES string of the molecule is COC[C@@H](CN(Cc1ccccc1)C(=O)O)Nc1cnc(C(N)=O)c(-c2cc3ccccc3[nH]2)n1. The van der Waals surface area contributed by atoms with E-state index < -0.39 is 18.0 Å². The number of carboxylic acid groups (broad SMARTS) is 1. The summed E-state index contributed by atoms with van der Waals surface area (Å²) in [5.74, 6) is -0.346. The molecule has 2 heterocycles. The Labute approximate surface area is 201 Å². The summed E-state index contributed by atoms with van der Waals surface area (Å²) in [6.07, 6.45) is 0.350. The molecule has 4 rings (SSSR count). The predicted molar refractivity (Wildman–Crippen MR) is 132 cm³/mol. The van der Waals surface area contributed by atoms with Gasteiger partial charge in [-0.3, -0.25) is 4.79 Å². The molecule has 1 atom stereocenters. The van der Waals surface area contributed by atoms with Gasteiger partial charge in [-0.25, -0.2) is 14.8 Å². The number of benzene rings is 2. The molecular formula is C25H26N6O4. The number of nitrogens with one attached hydrogen (secondary N) is 2. The van der Waals surface area contributed by atoms with E-state index in [-0.39, 0.29) is 25.4 Å². The first kappa shape index (κ1) is 23.7. The molecule has 10 nitrogen and oxygen atoms in total. The molecule has 0 aliphatic heterocycles. The number of fused-ring (bicyclic) bond motifs is 1. The van der Waals surface area contributed by atoms with Crippen molar-refractivity contribution in [3.05, 3.63) is 78.1 Å². The maximum Gasteiger partial charge on any atom is 0.407 e. The zero-order chi connectivity index (χ0) is 24.8. The number of nitrogens with two attached hydrogens (primary N) is 1. The van der Waals surface area contributed by atoms with Crippen LogP contribution in [0.25, 0.3) is 22.3 Å². The molecule has 5 N–H and O–H groups in total. The Hall–Kier alpha value is -4.44. The Kier molecular flexibility index (Phi) is 7.22. The summed E-state index contributed by atoms with van der Waals surface area (Å²) in [7, 11) is 1.54. The fraction of sp³-hybridized carbons (Fsp3) is 0.200. The van der Waals surface area contributed by atoms with Gasteiger partial charge in [0.25, 0.3) is 5.91 Å². The van der Waals surface area contributed by atoms with Crippen LogP contribution in [0.5, 0.6) is 0 Å². The van der Waals surface area contributed by atoms with Crippen LogP contribution in [0.1, 0.15) is 16.1 Å². The number of hydrogen-bond donors (Lipinski definition) is 4. The number of methoxy groups -OCH3 is 1. The van der Waals surface area contributed by atoms with Crippen LogP contribution >= 0.6 is 0 Å². The monoisotopic (exact) mass is 474 g/mol. The van der Waals surface area contributed by atoms with Crippen molar-refractivity contribution in [2.75, 3.05) is 25.6 Å². The van der Waals surface area contributed by atoms with Gasteiger partial charge in [0.2, 0.25) is 0 Å². The van der Waals surface area contributed by atoms with Gasteiger partial charge in [-0.15, -0.1) is 0 Å². The quantitative estimate of drug-likeness (QED) is 0.276. The molecule has 10 heteroatoms. The van der Waals surface area contributed by atoms with Crippen LogP contribution in [-0.2, 0) is 11.3 Å². The third kappa shape index (κ3) is 5.74. The topological polar surface area (TPSA) is 146 Å². The van der Waals surface area contributed by atoms with Crippen molar-refractivity contribution in [2.45, 2.75) is 12.6 Å². The highest BCUT2D eigenvalue weighted by Crippen LogP contribution is 2.26. The fourth-order valence-electron chi connectivity index (χ4n) is 3.86. The van der Waals surface area contributed by atoms with Crippen molar-refractivity contribution in [1.29, 1.82) is 0 Å². The summed E-state index contributed by atoms with van der Waals surface area (Å²) in [6, 6.07) is 18.5. The van der Waals surface area contributed by atoms with Crippen molar-refractivity contribution in [1.82, 2.24) is 19.9 Å². The summed E-state index contributed by atoms with van der Waals surface area (Å²) in [5.41, 5.74) is 8.23. The zero-order valence-electron chi connectivity index (χ0n) is 19.1. The molecule has 2 aromatic heterocycles. The standard InChI is InChI=1S/C25H26N6O4/c1-35-15-18(14-31(25(33)34)13-16-7-3-2-4-8-16)28-21-12-27-23(24(26)32)22(30-21)20-11-17-9-5-6-10-19(17)29-20/h2-12,18,29H,13-15H2,1H3,(H2,26,32)(H,28,30)(H,33,34)/t18-/m1/s1. The van der Waals surface area contributed by atoms with Crippen molar-refractivity contribution in [3.8, 4) is 11.4 Å². The number of nitrogens with zero attached hydrogens (tertiary/aromatic N) is 3. The lowest BCUT2D eigenvalue weighted by Crippen LogP contribution is -2.41. The summed E-state index contributed by atoms with van der Waals surface area (Å²) in [6.45, 7) is 0.587. The summed E-state index contributed by atoms with van der Waals surface area (Å²) in [5, 5.41) is 13.9. The maximum absolute atomic E-state index is 12.0. The van der Waals surface area contributed by atoms with Gasteiger partial charge >= 0.3 is 6.09 Å². The normalized spacial score (nSPS) is 11.8. The number of aromatic nitrogens is 3. The van der Waals surface area contributed by atoms with Crippen LogP contribution in [0.3, 0.4) is 0 Å². The average molecular weight is 475 g/mol. The molecule has 0 radical (unpaired) electrons. The summed E-state index contributed by atoms with van der Waals surface area (Å²) >= 11 is 0. The Morgan fingerprint density at radius 1 is 1.17 bits per heavy atom. The number of para-hydroxylation sites is 1. The minimum Gasteiger partial charge on any atom is -0.465 e. The number of anilines is 1. The highest BCUT2D eigenvalue weighted by atomic mass is 16.5. The number of H-pyrrole nitrogens is 1. The van der Waals surface area contributed by atoms with Gasteiger partial charge in [0, 0.05) is 31.1 Å². The molecule has 0 bridgehead atoms. The van der Waals surface area contributed by atoms with Crippen LogP contribution in [-0.4, -0.2) is 63.3 Å². The predicted octanol–water partition coefficient (Wildman–Crippen LogP) is 3.33. The van der Waals surface area contributed by atoms with Gasteiger partial charge < -0.3 is 30.8 Å². The molecule has 2 amide bonds. The van der Waals surface area contributed by atoms with Gasteiger partial charge in [-0.2, -0.15) is 0 Å². The Bertz CT molecular complexity index is 1290. The van der Waals surface area contributed by atoms with E-state index in [4.69, 9.17) is 10.5 Å². The lowest BCUT2D eigenvalue weighted by molar-refractivity contribution is 0.0995. The van der Waals surface area contributed by atoms with Gasteiger partial charge in [0.05, 0.1) is 24.5 Å². The smallest absolute Gasteiger partial charge is 0.407 e. The molecule has 0 unspecified atom stereocenters. The Morgan fingerprint density at radius 3 is 2.60 bits per heavy atom. The van der Waals surface area contributed by atoms with E-state index in [1.165, 1.54) is 18.2 Å². The second kappa shape index (κ2) is 10.7. The van der Waals surface area contributed by atoms with Crippen LogP contribution in [0.15, 0.2) is 66.9 Å². The number of carbonyl (C=O) groups is 2. The van der Waals surface area contributed by atoms with E-state index >= 15 is 0 Å². The number of rotatable bonds is 10. The first-order valence-corrected chi connectivity index (χ1v) is 11.0. The highest BCUT2D eigenvalue weighted by Gasteiger charge is 2.21. The number of hydrogen-bond acceptors (Lipinski definition) is 6. The molecule has 0 fully saturated rings.